The third-order valence-electron chi connectivity index (χ3n) is 3.58. The Bertz CT molecular complexity index is 529. The van der Waals surface area contributed by atoms with Crippen LogP contribution in [0.15, 0.2) is 18.3 Å². The van der Waals surface area contributed by atoms with Gasteiger partial charge < -0.3 is 15.0 Å². The van der Waals surface area contributed by atoms with Crippen LogP contribution in [-0.4, -0.2) is 64.2 Å². The Morgan fingerprint density at radius 1 is 1.57 bits per heavy atom. The van der Waals surface area contributed by atoms with Crippen molar-refractivity contribution in [2.45, 2.75) is 31.9 Å². The molecule has 2 atom stereocenters. The Morgan fingerprint density at radius 3 is 3.04 bits per heavy atom. The maximum atomic E-state index is 12.6. The maximum absolute atomic E-state index is 12.6. The molecule has 1 fully saturated rings. The second kappa shape index (κ2) is 8.71. The van der Waals surface area contributed by atoms with Crippen molar-refractivity contribution in [1.82, 2.24) is 20.4 Å². The van der Waals surface area contributed by atoms with Crippen molar-refractivity contribution < 1.29 is 14.3 Å². The van der Waals surface area contributed by atoms with E-state index in [-0.39, 0.29) is 17.9 Å². The zero-order valence-electron chi connectivity index (χ0n) is 13.4. The number of likely N-dealkylation sites (tertiary alicyclic amines) is 1. The van der Waals surface area contributed by atoms with Crippen molar-refractivity contribution >= 4 is 23.6 Å². The van der Waals surface area contributed by atoms with Crippen LogP contribution >= 0.6 is 11.8 Å². The summed E-state index contributed by atoms with van der Waals surface area (Å²) in [4.78, 5) is 25.7. The molecule has 0 spiro atoms. The second-order valence-corrected chi connectivity index (χ2v) is 6.39. The number of ether oxygens (including phenoxy) is 1. The van der Waals surface area contributed by atoms with Gasteiger partial charge in [0.15, 0.2) is 0 Å². The van der Waals surface area contributed by atoms with Gasteiger partial charge in [-0.15, -0.1) is 5.10 Å². The highest BCUT2D eigenvalue weighted by molar-refractivity contribution is 7.98. The third kappa shape index (κ3) is 5.38. The molecule has 0 saturated carbocycles. The van der Waals surface area contributed by atoms with Crippen molar-refractivity contribution in [2.24, 2.45) is 0 Å². The second-order valence-electron chi connectivity index (χ2n) is 5.41. The van der Waals surface area contributed by atoms with E-state index in [4.69, 9.17) is 4.74 Å². The number of carbonyl (C=O) groups excluding carboxylic acids is 2. The molecule has 1 N–H and O–H groups in total. The van der Waals surface area contributed by atoms with E-state index in [1.165, 1.54) is 6.92 Å². The molecule has 0 bridgehead atoms. The highest BCUT2D eigenvalue weighted by atomic mass is 32.2. The Morgan fingerprint density at radius 2 is 2.39 bits per heavy atom. The van der Waals surface area contributed by atoms with Crippen molar-refractivity contribution in [1.29, 1.82) is 0 Å². The van der Waals surface area contributed by atoms with E-state index in [1.807, 2.05) is 6.26 Å². The molecule has 2 amide bonds. The minimum Gasteiger partial charge on any atom is -0.471 e. The summed E-state index contributed by atoms with van der Waals surface area (Å²) < 4.78 is 5.74. The van der Waals surface area contributed by atoms with Gasteiger partial charge in [-0.3, -0.25) is 9.59 Å². The lowest BCUT2D eigenvalue weighted by molar-refractivity contribution is -0.135. The van der Waals surface area contributed by atoms with Gasteiger partial charge in [-0.05, 0) is 24.5 Å². The number of nitrogens with one attached hydrogen (secondary N) is 1. The minimum atomic E-state index is -0.463. The molecule has 23 heavy (non-hydrogen) atoms. The zero-order chi connectivity index (χ0) is 16.7. The first-order valence-corrected chi connectivity index (χ1v) is 8.98. The lowest BCUT2D eigenvalue weighted by Gasteiger charge is -2.23. The van der Waals surface area contributed by atoms with Crippen LogP contribution < -0.4 is 10.1 Å². The van der Waals surface area contributed by atoms with Gasteiger partial charge in [0, 0.05) is 32.2 Å². The molecular formula is C15H22N4O3S. The lowest BCUT2D eigenvalue weighted by atomic mass is 10.2. The Balaban J connectivity index is 1.90. The lowest BCUT2D eigenvalue weighted by Crippen LogP contribution is -2.48. The molecule has 1 aromatic rings. The van der Waals surface area contributed by atoms with Crippen LogP contribution in [-0.2, 0) is 9.59 Å². The summed E-state index contributed by atoms with van der Waals surface area (Å²) in [5, 5.41) is 10.4. The summed E-state index contributed by atoms with van der Waals surface area (Å²) in [7, 11) is 0. The van der Waals surface area contributed by atoms with E-state index in [1.54, 1.807) is 35.0 Å². The smallest absolute Gasteiger partial charge is 0.245 e. The molecule has 0 aromatic carbocycles. The van der Waals surface area contributed by atoms with E-state index in [0.717, 1.165) is 12.2 Å². The van der Waals surface area contributed by atoms with Crippen LogP contribution in [0.25, 0.3) is 0 Å². The van der Waals surface area contributed by atoms with Crippen LogP contribution in [0.1, 0.15) is 19.8 Å². The van der Waals surface area contributed by atoms with Crippen LogP contribution in [0.3, 0.4) is 0 Å². The highest BCUT2D eigenvalue weighted by Gasteiger charge is 2.32. The molecule has 1 aliphatic heterocycles. The summed E-state index contributed by atoms with van der Waals surface area (Å²) >= 11 is 1.66. The van der Waals surface area contributed by atoms with Crippen molar-refractivity contribution in [2.75, 3.05) is 25.1 Å². The van der Waals surface area contributed by atoms with Crippen LogP contribution in [0.4, 0.5) is 0 Å². The molecule has 1 saturated heterocycles. The largest absolute Gasteiger partial charge is 0.471 e. The molecule has 0 radical (unpaired) electrons. The SMILES string of the molecule is CSCC[C@@H](NC(C)=O)C(=O)N1CC[C@H](Oc2cccnn2)C1. The van der Waals surface area contributed by atoms with E-state index in [2.05, 4.69) is 15.5 Å². The Hall–Kier alpha value is -1.83. The number of amides is 2. The topological polar surface area (TPSA) is 84.4 Å². The highest BCUT2D eigenvalue weighted by Crippen LogP contribution is 2.17. The first-order chi connectivity index (χ1) is 11.1. The quantitative estimate of drug-likeness (QED) is 0.788. The number of aromatic nitrogens is 2. The van der Waals surface area contributed by atoms with E-state index >= 15 is 0 Å². The molecule has 126 valence electrons. The standard InChI is InChI=1S/C15H22N4O3S/c1-11(20)17-13(6-9-23-2)15(21)19-8-5-12(10-19)22-14-4-3-7-16-18-14/h3-4,7,12-13H,5-6,8-10H2,1-2H3,(H,17,20)/t12-,13+/m0/s1. The maximum Gasteiger partial charge on any atom is 0.245 e. The number of thioether (sulfide) groups is 1. The number of nitrogens with zero attached hydrogens (tertiary/aromatic N) is 3. The average Bonchev–Trinajstić information content (AvgIpc) is 3.00. The monoisotopic (exact) mass is 338 g/mol. The summed E-state index contributed by atoms with van der Waals surface area (Å²) in [5.41, 5.74) is 0. The van der Waals surface area contributed by atoms with Crippen LogP contribution in [0.5, 0.6) is 5.88 Å². The van der Waals surface area contributed by atoms with Gasteiger partial charge in [0.2, 0.25) is 17.7 Å². The molecule has 0 unspecified atom stereocenters. The van der Waals surface area contributed by atoms with Crippen molar-refractivity contribution in [3.05, 3.63) is 18.3 Å². The van der Waals surface area contributed by atoms with Gasteiger partial charge in [-0.25, -0.2) is 0 Å². The zero-order valence-corrected chi connectivity index (χ0v) is 14.2. The Labute approximate surface area is 140 Å². The van der Waals surface area contributed by atoms with Crippen LogP contribution in [0.2, 0.25) is 0 Å². The summed E-state index contributed by atoms with van der Waals surface area (Å²) in [6.07, 6.45) is 4.86. The fourth-order valence-corrected chi connectivity index (χ4v) is 2.98. The van der Waals surface area contributed by atoms with Gasteiger partial charge in [-0.2, -0.15) is 16.9 Å². The molecule has 7 nitrogen and oxygen atoms in total. The summed E-state index contributed by atoms with van der Waals surface area (Å²) in [6, 6.07) is 3.04. The predicted molar refractivity (Wildman–Crippen MR) is 88.2 cm³/mol. The molecular weight excluding hydrogens is 316 g/mol. The Kier molecular flexibility index (Phi) is 6.64. The molecule has 0 aliphatic carbocycles. The first kappa shape index (κ1) is 17.5. The van der Waals surface area contributed by atoms with E-state index in [9.17, 15) is 9.59 Å². The van der Waals surface area contributed by atoms with Crippen molar-refractivity contribution in [3.63, 3.8) is 0 Å². The molecule has 2 rings (SSSR count). The third-order valence-corrected chi connectivity index (χ3v) is 4.22. The van der Waals surface area contributed by atoms with E-state index in [0.29, 0.717) is 25.4 Å². The number of hydrogen-bond acceptors (Lipinski definition) is 6. The fraction of sp³-hybridized carbons (Fsp3) is 0.600. The molecule has 1 aliphatic rings. The van der Waals surface area contributed by atoms with Crippen molar-refractivity contribution in [3.8, 4) is 5.88 Å². The molecule has 8 heteroatoms. The number of rotatable bonds is 7. The minimum absolute atomic E-state index is 0.0421. The average molecular weight is 338 g/mol. The number of hydrogen-bond donors (Lipinski definition) is 1. The van der Waals surface area contributed by atoms with Gasteiger partial charge in [0.25, 0.3) is 0 Å². The summed E-state index contributed by atoms with van der Waals surface area (Å²) in [5.74, 6) is 1.06. The fourth-order valence-electron chi connectivity index (χ4n) is 2.50. The predicted octanol–water partition coefficient (Wildman–Crippen LogP) is 0.714. The van der Waals surface area contributed by atoms with Gasteiger partial charge in [-0.1, -0.05) is 0 Å². The van der Waals surface area contributed by atoms with Gasteiger partial charge in [0.05, 0.1) is 6.54 Å². The van der Waals surface area contributed by atoms with E-state index < -0.39 is 6.04 Å². The van der Waals surface area contributed by atoms with Gasteiger partial charge in [0.1, 0.15) is 12.1 Å². The van der Waals surface area contributed by atoms with Crippen LogP contribution in [0, 0.1) is 0 Å². The molecule has 2 heterocycles. The number of carbonyl (C=O) groups is 2. The van der Waals surface area contributed by atoms with Gasteiger partial charge >= 0.3 is 0 Å². The first-order valence-electron chi connectivity index (χ1n) is 7.59. The molecule has 1 aromatic heterocycles. The summed E-state index contributed by atoms with van der Waals surface area (Å²) in [6.45, 7) is 2.56. The normalized spacial score (nSPS) is 18.5.